The molecule has 0 unspecified atom stereocenters. The van der Waals surface area contributed by atoms with Crippen LogP contribution in [0.5, 0.6) is 0 Å². The molecule has 2 aromatic rings. The van der Waals surface area contributed by atoms with Crippen LogP contribution in [0.3, 0.4) is 0 Å². The molecule has 2 aromatic carbocycles. The highest BCUT2D eigenvalue weighted by molar-refractivity contribution is 7.89. The molecule has 0 fully saturated rings. The van der Waals surface area contributed by atoms with E-state index in [4.69, 9.17) is 0 Å². The predicted molar refractivity (Wildman–Crippen MR) is 81.8 cm³/mol. The molecule has 110 valence electrons. The summed E-state index contributed by atoms with van der Waals surface area (Å²) in [5, 5.41) is 2.72. The number of rotatable bonds is 4. The minimum Gasteiger partial charge on any atom is -0.322 e. The fourth-order valence-corrected chi connectivity index (χ4v) is 2.47. The zero-order valence-corrected chi connectivity index (χ0v) is 12.6. The van der Waals surface area contributed by atoms with Gasteiger partial charge in [0.25, 0.3) is 5.91 Å². The molecular weight excluding hydrogens is 288 g/mol. The van der Waals surface area contributed by atoms with Crippen LogP contribution in [0.1, 0.15) is 15.9 Å². The number of aryl methyl sites for hydroxylation is 1. The van der Waals surface area contributed by atoms with E-state index in [0.29, 0.717) is 11.3 Å². The molecule has 0 aliphatic heterocycles. The molecule has 0 aliphatic rings. The van der Waals surface area contributed by atoms with Gasteiger partial charge in [0, 0.05) is 11.3 Å². The van der Waals surface area contributed by atoms with E-state index in [1.807, 2.05) is 19.1 Å². The molecule has 0 spiro atoms. The van der Waals surface area contributed by atoms with E-state index in [9.17, 15) is 13.2 Å². The number of hydrogen-bond donors (Lipinski definition) is 2. The van der Waals surface area contributed by atoms with Gasteiger partial charge in [-0.05, 0) is 50.4 Å². The second-order valence-corrected chi connectivity index (χ2v) is 6.44. The van der Waals surface area contributed by atoms with Crippen molar-refractivity contribution in [1.29, 1.82) is 0 Å². The van der Waals surface area contributed by atoms with Crippen LogP contribution in [0.15, 0.2) is 53.4 Å². The summed E-state index contributed by atoms with van der Waals surface area (Å²) in [5.41, 5.74) is 2.16. The van der Waals surface area contributed by atoms with Crippen molar-refractivity contribution in [1.82, 2.24) is 4.72 Å². The molecule has 1 amide bonds. The molecule has 0 heterocycles. The Kier molecular flexibility index (Phi) is 4.40. The van der Waals surface area contributed by atoms with Gasteiger partial charge in [-0.2, -0.15) is 0 Å². The Morgan fingerprint density at radius 2 is 1.52 bits per heavy atom. The van der Waals surface area contributed by atoms with Crippen LogP contribution in [-0.2, 0) is 10.0 Å². The van der Waals surface area contributed by atoms with E-state index in [2.05, 4.69) is 10.0 Å². The number of nitrogens with one attached hydrogen (secondary N) is 2. The van der Waals surface area contributed by atoms with E-state index in [1.165, 1.54) is 19.2 Å². The lowest BCUT2D eigenvalue weighted by Gasteiger charge is -2.07. The summed E-state index contributed by atoms with van der Waals surface area (Å²) in [6.07, 6.45) is 0. The minimum absolute atomic E-state index is 0.151. The molecule has 0 saturated heterocycles. The molecule has 0 radical (unpaired) electrons. The Bertz CT molecular complexity index is 735. The first kappa shape index (κ1) is 15.2. The predicted octanol–water partition coefficient (Wildman–Crippen LogP) is 2.16. The van der Waals surface area contributed by atoms with Crippen LogP contribution >= 0.6 is 0 Å². The Morgan fingerprint density at radius 1 is 0.952 bits per heavy atom. The maximum atomic E-state index is 12.0. The first-order valence-electron chi connectivity index (χ1n) is 6.34. The quantitative estimate of drug-likeness (QED) is 0.909. The van der Waals surface area contributed by atoms with E-state index >= 15 is 0 Å². The normalized spacial score (nSPS) is 11.1. The number of anilines is 1. The van der Waals surface area contributed by atoms with Crippen LogP contribution in [0.4, 0.5) is 5.69 Å². The van der Waals surface area contributed by atoms with E-state index in [1.54, 1.807) is 24.3 Å². The highest BCUT2D eigenvalue weighted by Crippen LogP contribution is 2.15. The molecule has 0 aromatic heterocycles. The standard InChI is InChI=1S/C15H16N2O3S/c1-11-3-5-12(6-4-11)15(18)17-13-7-9-14(10-8-13)21(19,20)16-2/h3-10,16H,1-2H3,(H,17,18). The van der Waals surface area contributed by atoms with Crippen molar-refractivity contribution < 1.29 is 13.2 Å². The van der Waals surface area contributed by atoms with Crippen LogP contribution in [0.25, 0.3) is 0 Å². The monoisotopic (exact) mass is 304 g/mol. The molecule has 0 bridgehead atoms. The van der Waals surface area contributed by atoms with Crippen LogP contribution < -0.4 is 10.0 Å². The second kappa shape index (κ2) is 6.07. The molecule has 2 N–H and O–H groups in total. The average Bonchev–Trinajstić information content (AvgIpc) is 2.48. The number of hydrogen-bond acceptors (Lipinski definition) is 3. The van der Waals surface area contributed by atoms with Gasteiger partial charge in [-0.15, -0.1) is 0 Å². The lowest BCUT2D eigenvalue weighted by Crippen LogP contribution is -2.18. The van der Waals surface area contributed by atoms with E-state index in [-0.39, 0.29) is 10.8 Å². The Labute approximate surface area is 124 Å². The molecular formula is C15H16N2O3S. The lowest BCUT2D eigenvalue weighted by molar-refractivity contribution is 0.102. The van der Waals surface area contributed by atoms with Crippen molar-refractivity contribution in [3.8, 4) is 0 Å². The fraction of sp³-hybridized carbons (Fsp3) is 0.133. The van der Waals surface area contributed by atoms with Gasteiger partial charge in [0.15, 0.2) is 0 Å². The first-order valence-corrected chi connectivity index (χ1v) is 7.82. The first-order chi connectivity index (χ1) is 9.92. The van der Waals surface area contributed by atoms with Gasteiger partial charge < -0.3 is 5.32 Å². The zero-order chi connectivity index (χ0) is 15.5. The molecule has 21 heavy (non-hydrogen) atoms. The summed E-state index contributed by atoms with van der Waals surface area (Å²) in [6.45, 7) is 1.95. The fourth-order valence-electron chi connectivity index (χ4n) is 1.74. The molecule has 0 atom stereocenters. The van der Waals surface area contributed by atoms with E-state index < -0.39 is 10.0 Å². The molecule has 5 nitrogen and oxygen atoms in total. The summed E-state index contributed by atoms with van der Waals surface area (Å²) >= 11 is 0. The Morgan fingerprint density at radius 3 is 2.05 bits per heavy atom. The third-order valence-corrected chi connectivity index (χ3v) is 4.44. The topological polar surface area (TPSA) is 75.3 Å². The number of sulfonamides is 1. The largest absolute Gasteiger partial charge is 0.322 e. The highest BCUT2D eigenvalue weighted by Gasteiger charge is 2.11. The molecule has 0 saturated carbocycles. The van der Waals surface area contributed by atoms with Gasteiger partial charge in [-0.25, -0.2) is 13.1 Å². The third kappa shape index (κ3) is 3.68. The van der Waals surface area contributed by atoms with Crippen molar-refractivity contribution >= 4 is 21.6 Å². The second-order valence-electron chi connectivity index (χ2n) is 4.55. The lowest BCUT2D eigenvalue weighted by atomic mass is 10.1. The van der Waals surface area contributed by atoms with Crippen LogP contribution in [0.2, 0.25) is 0 Å². The summed E-state index contributed by atoms with van der Waals surface area (Å²) in [6, 6.07) is 13.2. The van der Waals surface area contributed by atoms with Gasteiger partial charge in [-0.3, -0.25) is 4.79 Å². The molecule has 0 aliphatic carbocycles. The van der Waals surface area contributed by atoms with Gasteiger partial charge in [0.2, 0.25) is 10.0 Å². The van der Waals surface area contributed by atoms with Gasteiger partial charge in [0.1, 0.15) is 0 Å². The van der Waals surface area contributed by atoms with Crippen molar-refractivity contribution in [2.24, 2.45) is 0 Å². The van der Waals surface area contributed by atoms with Crippen molar-refractivity contribution in [3.05, 3.63) is 59.7 Å². The van der Waals surface area contributed by atoms with E-state index in [0.717, 1.165) is 5.56 Å². The number of carbonyl (C=O) groups is 1. The summed E-state index contributed by atoms with van der Waals surface area (Å²) in [5.74, 6) is -0.237. The van der Waals surface area contributed by atoms with Gasteiger partial charge in [0.05, 0.1) is 4.90 Å². The average molecular weight is 304 g/mol. The maximum Gasteiger partial charge on any atom is 0.255 e. The number of benzene rings is 2. The van der Waals surface area contributed by atoms with Crippen LogP contribution in [-0.4, -0.2) is 21.4 Å². The smallest absolute Gasteiger partial charge is 0.255 e. The zero-order valence-electron chi connectivity index (χ0n) is 11.8. The van der Waals surface area contributed by atoms with Crippen molar-refractivity contribution in [2.45, 2.75) is 11.8 Å². The molecule has 6 heteroatoms. The van der Waals surface area contributed by atoms with Crippen molar-refractivity contribution in [2.75, 3.05) is 12.4 Å². The molecule has 2 rings (SSSR count). The third-order valence-electron chi connectivity index (χ3n) is 3.00. The van der Waals surface area contributed by atoms with Crippen LogP contribution in [0, 0.1) is 6.92 Å². The maximum absolute atomic E-state index is 12.0. The van der Waals surface area contributed by atoms with Crippen molar-refractivity contribution in [3.63, 3.8) is 0 Å². The summed E-state index contributed by atoms with van der Waals surface area (Å²) in [4.78, 5) is 12.2. The Balaban J connectivity index is 2.13. The highest BCUT2D eigenvalue weighted by atomic mass is 32.2. The SMILES string of the molecule is CNS(=O)(=O)c1ccc(NC(=O)c2ccc(C)cc2)cc1. The van der Waals surface area contributed by atoms with Gasteiger partial charge >= 0.3 is 0 Å². The number of carbonyl (C=O) groups excluding carboxylic acids is 1. The van der Waals surface area contributed by atoms with Gasteiger partial charge in [-0.1, -0.05) is 17.7 Å². The Hall–Kier alpha value is -2.18. The number of amides is 1. The summed E-state index contributed by atoms with van der Waals surface area (Å²) in [7, 11) is -2.11. The minimum atomic E-state index is -3.46. The summed E-state index contributed by atoms with van der Waals surface area (Å²) < 4.78 is 25.4.